The molecule has 0 bridgehead atoms. The van der Waals surface area contributed by atoms with E-state index in [1.54, 1.807) is 24.0 Å². The monoisotopic (exact) mass is 506 g/mol. The number of amides is 1. The number of nitrogens with zero attached hydrogens (tertiary/aromatic N) is 2. The Hall–Kier alpha value is -3.65. The van der Waals surface area contributed by atoms with Crippen molar-refractivity contribution in [3.63, 3.8) is 0 Å². The lowest BCUT2D eigenvalue weighted by Gasteiger charge is -2.27. The Morgan fingerprint density at radius 2 is 1.75 bits per heavy atom. The van der Waals surface area contributed by atoms with Gasteiger partial charge in [0, 0.05) is 6.54 Å². The number of rotatable bonds is 10. The molecule has 1 amide bonds. The number of benzene rings is 2. The summed E-state index contributed by atoms with van der Waals surface area (Å²) in [5, 5.41) is 11.7. The summed E-state index contributed by atoms with van der Waals surface area (Å²) < 4.78 is 11.5. The van der Waals surface area contributed by atoms with Crippen molar-refractivity contribution in [3.8, 4) is 11.5 Å². The van der Waals surface area contributed by atoms with Crippen LogP contribution in [0.4, 0.5) is 0 Å². The van der Waals surface area contributed by atoms with E-state index in [-0.39, 0.29) is 11.4 Å². The third kappa shape index (κ3) is 4.99. The number of thiazole rings is 1. The second kappa shape index (κ2) is 11.0. The van der Waals surface area contributed by atoms with Crippen LogP contribution >= 0.6 is 11.3 Å². The normalized spacial score (nSPS) is 15.5. The molecule has 2 heterocycles. The molecule has 36 heavy (non-hydrogen) atoms. The van der Waals surface area contributed by atoms with Gasteiger partial charge in [0.05, 0.1) is 40.4 Å². The van der Waals surface area contributed by atoms with E-state index < -0.39 is 17.7 Å². The Balaban J connectivity index is 1.79. The average molecular weight is 507 g/mol. The SMILES string of the molecule is CCOc1ccc(C2C(C(=O)c3sc(C)nc3C)=C(O)C(=O)N2CCc2ccccc2)cc1OCC. The second-order valence-corrected chi connectivity index (χ2v) is 9.65. The van der Waals surface area contributed by atoms with Crippen molar-refractivity contribution < 1.29 is 24.2 Å². The first-order valence-corrected chi connectivity index (χ1v) is 12.8. The first-order valence-electron chi connectivity index (χ1n) is 12.0. The van der Waals surface area contributed by atoms with Crippen LogP contribution in [0, 0.1) is 13.8 Å². The maximum Gasteiger partial charge on any atom is 0.290 e. The number of hydrogen-bond donors (Lipinski definition) is 1. The molecule has 1 unspecified atom stereocenters. The summed E-state index contributed by atoms with van der Waals surface area (Å²) in [5.41, 5.74) is 2.36. The van der Waals surface area contributed by atoms with Crippen molar-refractivity contribution >= 4 is 23.0 Å². The van der Waals surface area contributed by atoms with E-state index in [0.29, 0.717) is 53.8 Å². The highest BCUT2D eigenvalue weighted by Gasteiger charge is 2.44. The molecule has 1 N–H and O–H groups in total. The third-order valence-corrected chi connectivity index (χ3v) is 7.10. The van der Waals surface area contributed by atoms with Gasteiger partial charge < -0.3 is 19.5 Å². The molecule has 0 spiro atoms. The van der Waals surface area contributed by atoms with Crippen molar-refractivity contribution in [2.45, 2.75) is 40.2 Å². The van der Waals surface area contributed by atoms with Crippen LogP contribution in [0.15, 0.2) is 59.9 Å². The molecule has 0 radical (unpaired) electrons. The fourth-order valence-corrected chi connectivity index (χ4v) is 5.33. The second-order valence-electron chi connectivity index (χ2n) is 8.45. The van der Waals surface area contributed by atoms with E-state index in [9.17, 15) is 14.7 Å². The summed E-state index contributed by atoms with van der Waals surface area (Å²) in [4.78, 5) is 33.4. The van der Waals surface area contributed by atoms with Crippen molar-refractivity contribution in [2.75, 3.05) is 19.8 Å². The largest absolute Gasteiger partial charge is 0.503 e. The fourth-order valence-electron chi connectivity index (χ4n) is 4.46. The van der Waals surface area contributed by atoms with E-state index in [1.165, 1.54) is 11.3 Å². The molecule has 2 aromatic carbocycles. The van der Waals surface area contributed by atoms with Gasteiger partial charge in [-0.15, -0.1) is 11.3 Å². The molecule has 3 aromatic rings. The molecule has 7 nitrogen and oxygen atoms in total. The van der Waals surface area contributed by atoms with Crippen molar-refractivity contribution in [1.29, 1.82) is 0 Å². The van der Waals surface area contributed by atoms with Crippen LogP contribution in [-0.4, -0.2) is 46.4 Å². The number of aliphatic hydroxyl groups is 1. The number of carbonyl (C=O) groups is 2. The molecule has 1 aliphatic rings. The molecule has 1 aromatic heterocycles. The first kappa shape index (κ1) is 25.4. The van der Waals surface area contributed by atoms with Crippen LogP contribution in [0.1, 0.15) is 51.4 Å². The summed E-state index contributed by atoms with van der Waals surface area (Å²) in [6, 6.07) is 14.4. The lowest BCUT2D eigenvalue weighted by molar-refractivity contribution is -0.129. The molecule has 1 atom stereocenters. The van der Waals surface area contributed by atoms with Gasteiger partial charge in [0.15, 0.2) is 17.3 Å². The highest BCUT2D eigenvalue weighted by atomic mass is 32.1. The smallest absolute Gasteiger partial charge is 0.290 e. The van der Waals surface area contributed by atoms with E-state index in [0.717, 1.165) is 10.6 Å². The summed E-state index contributed by atoms with van der Waals surface area (Å²) in [7, 11) is 0. The summed E-state index contributed by atoms with van der Waals surface area (Å²) in [6.07, 6.45) is 0.575. The zero-order chi connectivity index (χ0) is 25.8. The van der Waals surface area contributed by atoms with Gasteiger partial charge in [0.1, 0.15) is 0 Å². The quantitative estimate of drug-likeness (QED) is 0.372. The predicted molar refractivity (Wildman–Crippen MR) is 139 cm³/mol. The van der Waals surface area contributed by atoms with E-state index in [4.69, 9.17) is 9.47 Å². The minimum atomic E-state index is -0.773. The zero-order valence-corrected chi connectivity index (χ0v) is 21.7. The van der Waals surface area contributed by atoms with Gasteiger partial charge in [-0.3, -0.25) is 9.59 Å². The maximum absolute atomic E-state index is 13.7. The number of ketones is 1. The average Bonchev–Trinajstić information content (AvgIpc) is 3.34. The van der Waals surface area contributed by atoms with E-state index in [1.807, 2.05) is 57.2 Å². The number of hydrogen-bond acceptors (Lipinski definition) is 7. The standard InChI is InChI=1S/C28H30N2O5S/c1-5-34-21-13-12-20(16-22(21)35-6-2)24-23(25(31)27-17(3)29-18(4)36-27)26(32)28(33)30(24)15-14-19-10-8-7-9-11-19/h7-13,16,24,32H,5-6,14-15H2,1-4H3. The zero-order valence-electron chi connectivity index (χ0n) is 20.9. The Morgan fingerprint density at radius 3 is 2.39 bits per heavy atom. The molecular weight excluding hydrogens is 476 g/mol. The lowest BCUT2D eigenvalue weighted by Crippen LogP contribution is -2.33. The maximum atomic E-state index is 13.7. The highest BCUT2D eigenvalue weighted by Crippen LogP contribution is 2.42. The molecule has 0 aliphatic carbocycles. The predicted octanol–water partition coefficient (Wildman–Crippen LogP) is 5.38. The molecule has 1 aliphatic heterocycles. The molecule has 0 fully saturated rings. The van der Waals surface area contributed by atoms with Crippen LogP contribution in [0.2, 0.25) is 0 Å². The van der Waals surface area contributed by atoms with Crippen LogP contribution in [0.5, 0.6) is 11.5 Å². The minimum absolute atomic E-state index is 0.0615. The molecule has 188 valence electrons. The van der Waals surface area contributed by atoms with Gasteiger partial charge in [-0.05, 0) is 57.4 Å². The van der Waals surface area contributed by atoms with Crippen LogP contribution in [0.25, 0.3) is 0 Å². The van der Waals surface area contributed by atoms with Gasteiger partial charge in [-0.25, -0.2) is 4.98 Å². The Morgan fingerprint density at radius 1 is 1.06 bits per heavy atom. The van der Waals surface area contributed by atoms with E-state index >= 15 is 0 Å². The van der Waals surface area contributed by atoms with Crippen molar-refractivity contribution in [2.24, 2.45) is 0 Å². The number of carbonyl (C=O) groups excluding carboxylic acids is 2. The number of aliphatic hydroxyl groups excluding tert-OH is 1. The van der Waals surface area contributed by atoms with Gasteiger partial charge in [0.2, 0.25) is 5.78 Å². The lowest BCUT2D eigenvalue weighted by atomic mass is 9.94. The summed E-state index contributed by atoms with van der Waals surface area (Å²) in [5.74, 6) is -0.364. The van der Waals surface area contributed by atoms with Crippen LogP contribution in [-0.2, 0) is 11.2 Å². The first-order chi connectivity index (χ1) is 17.3. The molecule has 0 saturated carbocycles. The number of aryl methyl sites for hydroxylation is 2. The van der Waals surface area contributed by atoms with E-state index in [2.05, 4.69) is 4.98 Å². The number of aromatic nitrogens is 1. The van der Waals surface area contributed by atoms with Gasteiger partial charge in [0.25, 0.3) is 5.91 Å². The highest BCUT2D eigenvalue weighted by molar-refractivity contribution is 7.14. The Bertz CT molecular complexity index is 1300. The van der Waals surface area contributed by atoms with Crippen molar-refractivity contribution in [3.05, 3.63) is 86.6 Å². The van der Waals surface area contributed by atoms with Gasteiger partial charge in [-0.1, -0.05) is 36.4 Å². The van der Waals surface area contributed by atoms with Gasteiger partial charge >= 0.3 is 0 Å². The third-order valence-electron chi connectivity index (χ3n) is 6.03. The fraction of sp³-hybridized carbons (Fsp3) is 0.321. The van der Waals surface area contributed by atoms with Crippen LogP contribution < -0.4 is 9.47 Å². The number of Topliss-reactive ketones (excluding diaryl/α,β-unsaturated/α-hetero) is 1. The number of ether oxygens (including phenoxy) is 2. The van der Waals surface area contributed by atoms with Crippen LogP contribution in [0.3, 0.4) is 0 Å². The summed E-state index contributed by atoms with van der Waals surface area (Å²) in [6.45, 7) is 8.58. The Kier molecular flexibility index (Phi) is 7.74. The minimum Gasteiger partial charge on any atom is -0.503 e. The Labute approximate surface area is 215 Å². The van der Waals surface area contributed by atoms with Crippen molar-refractivity contribution in [1.82, 2.24) is 9.88 Å². The van der Waals surface area contributed by atoms with Gasteiger partial charge in [-0.2, -0.15) is 0 Å². The summed E-state index contributed by atoms with van der Waals surface area (Å²) >= 11 is 1.26. The molecule has 8 heteroatoms. The molecule has 4 rings (SSSR count). The molecule has 0 saturated heterocycles. The topological polar surface area (TPSA) is 89.0 Å². The molecular formula is C28H30N2O5S.